The number of thiol groups is 2. The summed E-state index contributed by atoms with van der Waals surface area (Å²) in [5.41, 5.74) is 0. The van der Waals surface area contributed by atoms with Crippen LogP contribution in [0.15, 0.2) is 0 Å². The van der Waals surface area contributed by atoms with E-state index in [1.807, 2.05) is 0 Å². The largest absolute Gasteiger partial charge is 0.315 e. The van der Waals surface area contributed by atoms with Crippen molar-refractivity contribution in [3.8, 4) is 0 Å². The molecule has 1 N–H and O–H groups in total. The van der Waals surface area contributed by atoms with E-state index in [-0.39, 0.29) is 0 Å². The van der Waals surface area contributed by atoms with Crippen LogP contribution in [0.1, 0.15) is 6.42 Å². The molecule has 1 atom stereocenters. The van der Waals surface area contributed by atoms with Crippen molar-refractivity contribution < 1.29 is 0 Å². The highest BCUT2D eigenvalue weighted by molar-refractivity contribution is 7.80. The molecular weight excluding hydrogens is 188 g/mol. The Labute approximate surface area is 85.9 Å². The Morgan fingerprint density at radius 3 is 2.33 bits per heavy atom. The second kappa shape index (κ2) is 6.13. The lowest BCUT2D eigenvalue weighted by molar-refractivity contribution is 0.235. The molecule has 0 radical (unpaired) electrons. The monoisotopic (exact) mass is 206 g/mol. The molecule has 0 aromatic carbocycles. The van der Waals surface area contributed by atoms with Crippen molar-refractivity contribution in [2.75, 3.05) is 37.7 Å². The third-order valence-corrected chi connectivity index (χ3v) is 2.73. The molecule has 0 spiro atoms. The minimum Gasteiger partial charge on any atom is -0.315 e. The van der Waals surface area contributed by atoms with Crippen LogP contribution in [-0.2, 0) is 0 Å². The summed E-state index contributed by atoms with van der Waals surface area (Å²) in [5.74, 6) is 1.90. The zero-order valence-electron chi connectivity index (χ0n) is 7.37. The Morgan fingerprint density at radius 1 is 1.25 bits per heavy atom. The Morgan fingerprint density at radius 2 is 1.92 bits per heavy atom. The number of hydrogen-bond acceptors (Lipinski definition) is 4. The zero-order valence-corrected chi connectivity index (χ0v) is 9.16. The van der Waals surface area contributed by atoms with Gasteiger partial charge in [-0.25, -0.2) is 0 Å². The normalized spacial score (nSPS) is 23.8. The van der Waals surface area contributed by atoms with Crippen molar-refractivity contribution in [3.05, 3.63) is 0 Å². The van der Waals surface area contributed by atoms with Gasteiger partial charge < -0.3 is 5.32 Å². The number of nitrogens with one attached hydrogen (secondary N) is 1. The molecule has 0 aromatic rings. The molecule has 0 aromatic heterocycles. The SMILES string of the molecule is SCCN(CCS)[C@@H]1CCNC1. The Balaban J connectivity index is 2.29. The van der Waals surface area contributed by atoms with Crippen LogP contribution in [0, 0.1) is 0 Å². The third-order valence-electron chi connectivity index (χ3n) is 2.33. The maximum absolute atomic E-state index is 4.26. The average molecular weight is 206 g/mol. The molecule has 72 valence electrons. The van der Waals surface area contributed by atoms with E-state index in [0.717, 1.165) is 37.2 Å². The number of hydrogen-bond donors (Lipinski definition) is 3. The maximum atomic E-state index is 4.26. The molecule has 0 unspecified atom stereocenters. The minimum absolute atomic E-state index is 0.726. The first-order chi connectivity index (χ1) is 5.88. The first kappa shape index (κ1) is 10.7. The van der Waals surface area contributed by atoms with Crippen molar-refractivity contribution in [2.24, 2.45) is 0 Å². The van der Waals surface area contributed by atoms with Crippen molar-refractivity contribution in [2.45, 2.75) is 12.5 Å². The molecule has 0 bridgehead atoms. The van der Waals surface area contributed by atoms with Crippen LogP contribution in [-0.4, -0.2) is 48.6 Å². The lowest BCUT2D eigenvalue weighted by Gasteiger charge is -2.26. The van der Waals surface area contributed by atoms with E-state index >= 15 is 0 Å². The van der Waals surface area contributed by atoms with Crippen molar-refractivity contribution in [1.82, 2.24) is 10.2 Å². The third kappa shape index (κ3) is 3.17. The summed E-state index contributed by atoms with van der Waals surface area (Å²) in [5, 5.41) is 3.38. The van der Waals surface area contributed by atoms with Gasteiger partial charge in [0.25, 0.3) is 0 Å². The van der Waals surface area contributed by atoms with Gasteiger partial charge in [-0.05, 0) is 13.0 Å². The Bertz CT molecular complexity index is 110. The number of rotatable bonds is 5. The van der Waals surface area contributed by atoms with Crippen LogP contribution >= 0.6 is 25.3 Å². The number of nitrogens with zero attached hydrogens (tertiary/aromatic N) is 1. The first-order valence-corrected chi connectivity index (χ1v) is 5.81. The van der Waals surface area contributed by atoms with E-state index in [0.29, 0.717) is 0 Å². The minimum atomic E-state index is 0.726. The lowest BCUT2D eigenvalue weighted by atomic mass is 10.2. The summed E-state index contributed by atoms with van der Waals surface area (Å²) in [6.45, 7) is 4.49. The van der Waals surface area contributed by atoms with Gasteiger partial charge in [0.05, 0.1) is 0 Å². The first-order valence-electron chi connectivity index (χ1n) is 4.55. The fourth-order valence-corrected chi connectivity index (χ4v) is 2.20. The Hall–Kier alpha value is 0.620. The fourth-order valence-electron chi connectivity index (χ4n) is 1.68. The molecule has 1 heterocycles. The van der Waals surface area contributed by atoms with Gasteiger partial charge in [-0.3, -0.25) is 4.90 Å². The summed E-state index contributed by atoms with van der Waals surface area (Å²) >= 11 is 8.52. The van der Waals surface area contributed by atoms with E-state index in [9.17, 15) is 0 Å². The molecule has 0 amide bonds. The van der Waals surface area contributed by atoms with Gasteiger partial charge in [0.15, 0.2) is 0 Å². The van der Waals surface area contributed by atoms with Gasteiger partial charge in [0.2, 0.25) is 0 Å². The van der Waals surface area contributed by atoms with Crippen LogP contribution < -0.4 is 5.32 Å². The maximum Gasteiger partial charge on any atom is 0.0233 e. The van der Waals surface area contributed by atoms with Gasteiger partial charge in [-0.2, -0.15) is 25.3 Å². The molecule has 2 nitrogen and oxygen atoms in total. The highest BCUT2D eigenvalue weighted by atomic mass is 32.1. The molecule has 0 saturated carbocycles. The van der Waals surface area contributed by atoms with E-state index in [1.165, 1.54) is 13.0 Å². The van der Waals surface area contributed by atoms with E-state index in [4.69, 9.17) is 0 Å². The standard InChI is InChI=1S/C8H18N2S2/c11-5-3-10(4-6-12)8-1-2-9-7-8/h8-9,11-12H,1-7H2/t8-/m1/s1. The summed E-state index contributed by atoms with van der Waals surface area (Å²) in [7, 11) is 0. The molecule has 1 aliphatic heterocycles. The second-order valence-corrected chi connectivity index (χ2v) is 4.02. The van der Waals surface area contributed by atoms with E-state index in [2.05, 4.69) is 35.5 Å². The summed E-state index contributed by atoms with van der Waals surface area (Å²) in [4.78, 5) is 2.49. The molecule has 1 rings (SSSR count). The highest BCUT2D eigenvalue weighted by Crippen LogP contribution is 2.08. The van der Waals surface area contributed by atoms with Crippen LogP contribution in [0.3, 0.4) is 0 Å². The van der Waals surface area contributed by atoms with Gasteiger partial charge in [0, 0.05) is 37.2 Å². The average Bonchev–Trinajstić information content (AvgIpc) is 2.56. The molecule has 12 heavy (non-hydrogen) atoms. The molecule has 1 aliphatic rings. The van der Waals surface area contributed by atoms with Crippen LogP contribution in [0.4, 0.5) is 0 Å². The van der Waals surface area contributed by atoms with Crippen LogP contribution in [0.2, 0.25) is 0 Å². The molecule has 4 heteroatoms. The van der Waals surface area contributed by atoms with Crippen molar-refractivity contribution in [1.29, 1.82) is 0 Å². The summed E-state index contributed by atoms with van der Waals surface area (Å²) in [6, 6.07) is 0.726. The van der Waals surface area contributed by atoms with Gasteiger partial charge in [-0.1, -0.05) is 0 Å². The predicted molar refractivity (Wildman–Crippen MR) is 60.6 cm³/mol. The fraction of sp³-hybridized carbons (Fsp3) is 1.00. The van der Waals surface area contributed by atoms with E-state index < -0.39 is 0 Å². The molecule has 1 saturated heterocycles. The summed E-state index contributed by atoms with van der Waals surface area (Å²) in [6.07, 6.45) is 1.28. The highest BCUT2D eigenvalue weighted by Gasteiger charge is 2.20. The van der Waals surface area contributed by atoms with Crippen molar-refractivity contribution >= 4 is 25.3 Å². The zero-order chi connectivity index (χ0) is 8.81. The second-order valence-electron chi connectivity index (χ2n) is 3.13. The molecule has 0 aliphatic carbocycles. The van der Waals surface area contributed by atoms with Gasteiger partial charge in [-0.15, -0.1) is 0 Å². The van der Waals surface area contributed by atoms with Crippen molar-refractivity contribution in [3.63, 3.8) is 0 Å². The smallest absolute Gasteiger partial charge is 0.0233 e. The predicted octanol–water partition coefficient (Wildman–Crippen LogP) is 0.510. The topological polar surface area (TPSA) is 15.3 Å². The lowest BCUT2D eigenvalue weighted by Crippen LogP contribution is -2.39. The quantitative estimate of drug-likeness (QED) is 0.568. The molecular formula is C8H18N2S2. The van der Waals surface area contributed by atoms with Gasteiger partial charge in [0.1, 0.15) is 0 Å². The van der Waals surface area contributed by atoms with E-state index in [1.54, 1.807) is 0 Å². The van der Waals surface area contributed by atoms with Crippen LogP contribution in [0.5, 0.6) is 0 Å². The summed E-state index contributed by atoms with van der Waals surface area (Å²) < 4.78 is 0. The van der Waals surface area contributed by atoms with Gasteiger partial charge >= 0.3 is 0 Å². The molecule has 1 fully saturated rings. The van der Waals surface area contributed by atoms with Crippen LogP contribution in [0.25, 0.3) is 0 Å². The Kier molecular flexibility index (Phi) is 5.47.